The molecule has 0 heterocycles. The first kappa shape index (κ1) is 12.0. The average Bonchev–Trinajstić information content (AvgIpc) is 2.15. The van der Waals surface area contributed by atoms with Gasteiger partial charge in [-0.05, 0) is 52.8 Å². The zero-order chi connectivity index (χ0) is 11.5. The first-order valence-electron chi connectivity index (χ1n) is 3.81. The van der Waals surface area contributed by atoms with Gasteiger partial charge in [0.05, 0.1) is 5.69 Å². The summed E-state index contributed by atoms with van der Waals surface area (Å²) in [7, 11) is 0. The van der Waals surface area contributed by atoms with E-state index in [4.69, 9.17) is 6.42 Å². The molecule has 15 heavy (non-hydrogen) atoms. The average molecular weight is 323 g/mol. The van der Waals surface area contributed by atoms with Gasteiger partial charge in [0.15, 0.2) is 5.71 Å². The van der Waals surface area contributed by atoms with Crippen LogP contribution in [0.4, 0.5) is 18.9 Å². The number of benzene rings is 1. The van der Waals surface area contributed by atoms with Crippen molar-refractivity contribution < 1.29 is 13.2 Å². The lowest BCUT2D eigenvalue weighted by molar-refractivity contribution is -0.0571. The highest BCUT2D eigenvalue weighted by atomic mass is 127. The van der Waals surface area contributed by atoms with Crippen molar-refractivity contribution in [2.75, 3.05) is 0 Å². The molecule has 0 atom stereocenters. The highest BCUT2D eigenvalue weighted by Crippen LogP contribution is 2.21. The summed E-state index contributed by atoms with van der Waals surface area (Å²) in [5, 5.41) is 0. The largest absolute Gasteiger partial charge is 0.441 e. The summed E-state index contributed by atoms with van der Waals surface area (Å²) in [5.41, 5.74) is -1.02. The van der Waals surface area contributed by atoms with E-state index in [9.17, 15) is 13.2 Å². The molecule has 78 valence electrons. The molecule has 1 nitrogen and oxygen atoms in total. The van der Waals surface area contributed by atoms with Crippen LogP contribution in [0.2, 0.25) is 0 Å². The van der Waals surface area contributed by atoms with Crippen LogP contribution >= 0.6 is 22.6 Å². The van der Waals surface area contributed by atoms with Crippen molar-refractivity contribution in [2.24, 2.45) is 4.99 Å². The summed E-state index contributed by atoms with van der Waals surface area (Å²) in [6.07, 6.45) is 0.163. The Morgan fingerprint density at radius 3 is 2.20 bits per heavy atom. The van der Waals surface area contributed by atoms with Crippen LogP contribution in [-0.4, -0.2) is 11.9 Å². The number of alkyl halides is 3. The molecule has 0 aromatic heterocycles. The zero-order valence-electron chi connectivity index (χ0n) is 7.35. The number of aliphatic imine (C=N–C) groups is 1. The Morgan fingerprint density at radius 2 is 1.80 bits per heavy atom. The van der Waals surface area contributed by atoms with Crippen LogP contribution in [0.25, 0.3) is 0 Å². The molecule has 0 fully saturated rings. The Labute approximate surface area is 98.5 Å². The predicted molar refractivity (Wildman–Crippen MR) is 61.1 cm³/mol. The van der Waals surface area contributed by atoms with E-state index >= 15 is 0 Å². The number of hydrogen-bond donors (Lipinski definition) is 0. The van der Waals surface area contributed by atoms with Gasteiger partial charge in [0.2, 0.25) is 0 Å². The lowest BCUT2D eigenvalue weighted by atomic mass is 10.3. The minimum atomic E-state index is -4.57. The molecule has 0 saturated heterocycles. The maximum Gasteiger partial charge on any atom is 0.441 e. The van der Waals surface area contributed by atoms with Gasteiger partial charge in [-0.1, -0.05) is 0 Å². The second kappa shape index (κ2) is 4.66. The van der Waals surface area contributed by atoms with Crippen LogP contribution in [0.5, 0.6) is 0 Å². The van der Waals surface area contributed by atoms with Gasteiger partial charge >= 0.3 is 6.18 Å². The maximum atomic E-state index is 12.2. The first-order valence-corrected chi connectivity index (χ1v) is 4.89. The quantitative estimate of drug-likeness (QED) is 0.426. The molecule has 0 unspecified atom stereocenters. The van der Waals surface area contributed by atoms with Gasteiger partial charge in [-0.15, -0.1) is 6.42 Å². The van der Waals surface area contributed by atoms with E-state index in [1.807, 2.05) is 22.6 Å². The molecule has 0 aliphatic carbocycles. The summed E-state index contributed by atoms with van der Waals surface area (Å²) in [5.74, 6) is 1.53. The second-order valence-electron chi connectivity index (χ2n) is 2.58. The van der Waals surface area contributed by atoms with Crippen molar-refractivity contribution in [3.05, 3.63) is 27.8 Å². The fraction of sp³-hybridized carbons (Fsp3) is 0.100. The predicted octanol–water partition coefficient (Wildman–Crippen LogP) is 3.56. The minimum absolute atomic E-state index is 0.195. The molecule has 0 amide bonds. The molecule has 0 aliphatic rings. The number of halogens is 4. The van der Waals surface area contributed by atoms with Gasteiger partial charge in [0.25, 0.3) is 0 Å². The Hall–Kier alpha value is -1.03. The molecule has 0 bridgehead atoms. The van der Waals surface area contributed by atoms with E-state index in [2.05, 4.69) is 4.99 Å². The molecule has 1 rings (SSSR count). The summed E-state index contributed by atoms with van der Waals surface area (Å²) < 4.78 is 37.5. The van der Waals surface area contributed by atoms with Gasteiger partial charge < -0.3 is 0 Å². The van der Waals surface area contributed by atoms with Crippen molar-refractivity contribution in [3.8, 4) is 12.3 Å². The Morgan fingerprint density at radius 1 is 1.27 bits per heavy atom. The SMILES string of the molecule is C#CC(=Nc1ccc(I)cc1)C(F)(F)F. The number of hydrogen-bond acceptors (Lipinski definition) is 1. The summed E-state index contributed by atoms with van der Waals surface area (Å²) >= 11 is 2.04. The summed E-state index contributed by atoms with van der Waals surface area (Å²) in [4.78, 5) is 3.34. The Kier molecular flexibility index (Phi) is 3.74. The van der Waals surface area contributed by atoms with E-state index in [0.717, 1.165) is 3.57 Å². The van der Waals surface area contributed by atoms with Gasteiger partial charge in [-0.2, -0.15) is 13.2 Å². The molecule has 1 aromatic carbocycles. The van der Waals surface area contributed by atoms with Crippen molar-refractivity contribution in [2.45, 2.75) is 6.18 Å². The highest BCUT2D eigenvalue weighted by Gasteiger charge is 2.34. The van der Waals surface area contributed by atoms with Crippen LogP contribution < -0.4 is 0 Å². The lowest BCUT2D eigenvalue weighted by Gasteiger charge is -2.03. The van der Waals surface area contributed by atoms with Crippen molar-refractivity contribution in [3.63, 3.8) is 0 Å². The van der Waals surface area contributed by atoms with E-state index in [1.54, 1.807) is 12.1 Å². The Bertz CT molecular complexity index is 412. The lowest BCUT2D eigenvalue weighted by Crippen LogP contribution is -2.20. The van der Waals surface area contributed by atoms with Gasteiger partial charge in [-0.3, -0.25) is 0 Å². The molecule has 1 aromatic rings. The number of terminal acetylenes is 1. The Balaban J connectivity index is 3.06. The van der Waals surface area contributed by atoms with Gasteiger partial charge in [-0.25, -0.2) is 4.99 Å². The number of nitrogens with zero attached hydrogens (tertiary/aromatic N) is 1. The fourth-order valence-electron chi connectivity index (χ4n) is 0.822. The highest BCUT2D eigenvalue weighted by molar-refractivity contribution is 14.1. The zero-order valence-corrected chi connectivity index (χ0v) is 9.50. The normalized spacial score (nSPS) is 12.3. The van der Waals surface area contributed by atoms with Crippen LogP contribution in [-0.2, 0) is 0 Å². The van der Waals surface area contributed by atoms with E-state index in [-0.39, 0.29) is 5.69 Å². The third kappa shape index (κ3) is 3.55. The van der Waals surface area contributed by atoms with Crippen molar-refractivity contribution >= 4 is 34.0 Å². The standard InChI is InChI=1S/C10H5F3IN/c1-2-9(10(11,12)13)15-8-5-3-7(14)4-6-8/h1,3-6H. The maximum absolute atomic E-state index is 12.2. The molecular weight excluding hydrogens is 318 g/mol. The van der Waals surface area contributed by atoms with Gasteiger partial charge in [0, 0.05) is 3.57 Å². The van der Waals surface area contributed by atoms with E-state index in [1.165, 1.54) is 18.1 Å². The van der Waals surface area contributed by atoms with Crippen LogP contribution in [0.3, 0.4) is 0 Å². The molecule has 0 N–H and O–H groups in total. The molecule has 5 heteroatoms. The molecule has 0 radical (unpaired) electrons. The molecule has 0 spiro atoms. The third-order valence-corrected chi connectivity index (χ3v) is 2.19. The van der Waals surface area contributed by atoms with Crippen LogP contribution in [0.1, 0.15) is 0 Å². The van der Waals surface area contributed by atoms with Crippen LogP contribution in [0.15, 0.2) is 29.3 Å². The van der Waals surface area contributed by atoms with E-state index < -0.39 is 11.9 Å². The summed E-state index contributed by atoms with van der Waals surface area (Å²) in [6.45, 7) is 0. The molecule has 0 saturated carbocycles. The van der Waals surface area contributed by atoms with Crippen LogP contribution in [0, 0.1) is 15.9 Å². The van der Waals surface area contributed by atoms with Crippen molar-refractivity contribution in [1.82, 2.24) is 0 Å². The van der Waals surface area contributed by atoms with Gasteiger partial charge in [0.1, 0.15) is 0 Å². The third-order valence-electron chi connectivity index (χ3n) is 1.47. The first-order chi connectivity index (χ1) is 6.93. The molecule has 0 aliphatic heterocycles. The number of rotatable bonds is 1. The second-order valence-corrected chi connectivity index (χ2v) is 3.82. The smallest absolute Gasteiger partial charge is 0.235 e. The van der Waals surface area contributed by atoms with Crippen molar-refractivity contribution in [1.29, 1.82) is 0 Å². The topological polar surface area (TPSA) is 12.4 Å². The monoisotopic (exact) mass is 323 g/mol. The fourth-order valence-corrected chi connectivity index (χ4v) is 1.18. The summed E-state index contributed by atoms with van der Waals surface area (Å²) in [6, 6.07) is 6.27. The molecular formula is C10H5F3IN. The minimum Gasteiger partial charge on any atom is -0.235 e. The van der Waals surface area contributed by atoms with E-state index in [0.29, 0.717) is 0 Å².